The average Bonchev–Trinajstić information content (AvgIpc) is 2.59. The Morgan fingerprint density at radius 1 is 0.826 bits per heavy atom. The molecule has 0 aliphatic carbocycles. The van der Waals surface area contributed by atoms with Crippen molar-refractivity contribution < 1.29 is 9.59 Å². The van der Waals surface area contributed by atoms with Crippen LogP contribution in [-0.2, 0) is 22.7 Å². The van der Waals surface area contributed by atoms with Crippen molar-refractivity contribution in [2.24, 2.45) is 5.73 Å². The highest BCUT2D eigenvalue weighted by Gasteiger charge is 2.07. The van der Waals surface area contributed by atoms with E-state index in [-0.39, 0.29) is 5.70 Å². The summed E-state index contributed by atoms with van der Waals surface area (Å²) >= 11 is 0. The molecule has 4 N–H and O–H groups in total. The number of nitrogens with one attached hydrogen (secondary N) is 2. The molecule has 5 nitrogen and oxygen atoms in total. The van der Waals surface area contributed by atoms with Crippen LogP contribution in [0.1, 0.15) is 11.1 Å². The van der Waals surface area contributed by atoms with E-state index >= 15 is 0 Å². The molecule has 2 aromatic rings. The molecule has 0 bridgehead atoms. The Kier molecular flexibility index (Phi) is 5.94. The van der Waals surface area contributed by atoms with Gasteiger partial charge in [0.05, 0.1) is 0 Å². The summed E-state index contributed by atoms with van der Waals surface area (Å²) in [6.07, 6.45) is 1.10. The Bertz CT molecular complexity index is 682. The van der Waals surface area contributed by atoms with Gasteiger partial charge in [0.1, 0.15) is 5.70 Å². The molecule has 0 saturated carbocycles. The Hall–Kier alpha value is -3.08. The topological polar surface area (TPSA) is 84.2 Å². The first kappa shape index (κ1) is 16.3. The van der Waals surface area contributed by atoms with Crippen LogP contribution in [0.5, 0.6) is 0 Å². The van der Waals surface area contributed by atoms with Gasteiger partial charge in [-0.2, -0.15) is 0 Å². The molecule has 0 heterocycles. The van der Waals surface area contributed by atoms with Crippen LogP contribution in [0.4, 0.5) is 0 Å². The van der Waals surface area contributed by atoms with Gasteiger partial charge in [0.15, 0.2) is 0 Å². The molecule has 0 spiro atoms. The normalized spacial score (nSPS) is 10.9. The molecular weight excluding hydrogens is 290 g/mol. The first-order chi connectivity index (χ1) is 11.1. The van der Waals surface area contributed by atoms with Crippen molar-refractivity contribution in [2.45, 2.75) is 13.1 Å². The molecular formula is C18H19N3O2. The van der Waals surface area contributed by atoms with E-state index in [9.17, 15) is 9.59 Å². The molecule has 23 heavy (non-hydrogen) atoms. The maximum Gasteiger partial charge on any atom is 0.267 e. The van der Waals surface area contributed by atoms with Crippen LogP contribution in [0, 0.1) is 0 Å². The molecule has 118 valence electrons. The van der Waals surface area contributed by atoms with E-state index in [1.165, 1.54) is 0 Å². The van der Waals surface area contributed by atoms with Gasteiger partial charge >= 0.3 is 0 Å². The van der Waals surface area contributed by atoms with Gasteiger partial charge in [-0.3, -0.25) is 9.59 Å². The van der Waals surface area contributed by atoms with E-state index in [1.807, 2.05) is 60.7 Å². The van der Waals surface area contributed by atoms with Gasteiger partial charge in [-0.15, -0.1) is 0 Å². The quantitative estimate of drug-likeness (QED) is 0.706. The van der Waals surface area contributed by atoms with Crippen LogP contribution < -0.4 is 16.4 Å². The monoisotopic (exact) mass is 309 g/mol. The summed E-state index contributed by atoms with van der Waals surface area (Å²) < 4.78 is 0. The van der Waals surface area contributed by atoms with Gasteiger partial charge < -0.3 is 16.4 Å². The van der Waals surface area contributed by atoms with Gasteiger partial charge in [0.25, 0.3) is 5.91 Å². The lowest BCUT2D eigenvalue weighted by Crippen LogP contribution is -2.30. The minimum atomic E-state index is -0.469. The molecule has 0 aliphatic heterocycles. The van der Waals surface area contributed by atoms with E-state index in [2.05, 4.69) is 10.6 Å². The van der Waals surface area contributed by atoms with E-state index in [0.29, 0.717) is 13.1 Å². The lowest BCUT2D eigenvalue weighted by atomic mass is 10.2. The molecule has 2 aromatic carbocycles. The van der Waals surface area contributed by atoms with Gasteiger partial charge in [0.2, 0.25) is 5.91 Å². The minimum Gasteiger partial charge on any atom is -0.394 e. The second kappa shape index (κ2) is 8.38. The van der Waals surface area contributed by atoms with Gasteiger partial charge in [-0.1, -0.05) is 60.7 Å². The van der Waals surface area contributed by atoms with Crippen LogP contribution in [0.25, 0.3) is 0 Å². The molecule has 0 fully saturated rings. The summed E-state index contributed by atoms with van der Waals surface area (Å²) in [4.78, 5) is 23.6. The van der Waals surface area contributed by atoms with E-state index in [0.717, 1.165) is 17.2 Å². The molecule has 0 aromatic heterocycles. The van der Waals surface area contributed by atoms with Crippen molar-refractivity contribution in [3.8, 4) is 0 Å². The number of hydrogen-bond donors (Lipinski definition) is 3. The third kappa shape index (κ3) is 5.67. The van der Waals surface area contributed by atoms with Crippen molar-refractivity contribution in [2.75, 3.05) is 0 Å². The standard InChI is InChI=1S/C18H19N3O2/c19-16(18(23)21-13-15-9-5-2-6-10-15)11-17(22)20-12-14-7-3-1-4-8-14/h1-11H,12-13,19H2,(H,20,22)(H,21,23)/b16-11+. The summed E-state index contributed by atoms with van der Waals surface area (Å²) in [6, 6.07) is 19.0. The maximum atomic E-state index is 11.8. The lowest BCUT2D eigenvalue weighted by molar-refractivity contribution is -0.119. The van der Waals surface area contributed by atoms with Crippen molar-refractivity contribution in [3.63, 3.8) is 0 Å². The van der Waals surface area contributed by atoms with Crippen LogP contribution in [0.15, 0.2) is 72.4 Å². The van der Waals surface area contributed by atoms with E-state index < -0.39 is 11.8 Å². The number of benzene rings is 2. The number of carbonyl (C=O) groups is 2. The van der Waals surface area contributed by atoms with Crippen molar-refractivity contribution in [3.05, 3.63) is 83.6 Å². The average molecular weight is 309 g/mol. The molecule has 0 atom stereocenters. The number of nitrogens with two attached hydrogens (primary N) is 1. The number of hydrogen-bond acceptors (Lipinski definition) is 3. The number of carbonyl (C=O) groups excluding carboxylic acids is 2. The molecule has 0 unspecified atom stereocenters. The zero-order valence-corrected chi connectivity index (χ0v) is 12.7. The fraction of sp³-hybridized carbons (Fsp3) is 0.111. The Morgan fingerprint density at radius 3 is 1.83 bits per heavy atom. The zero-order valence-electron chi connectivity index (χ0n) is 12.7. The highest BCUT2D eigenvalue weighted by Crippen LogP contribution is 1.99. The summed E-state index contributed by atoms with van der Waals surface area (Å²) in [7, 11) is 0. The first-order valence-corrected chi connectivity index (χ1v) is 7.26. The lowest BCUT2D eigenvalue weighted by Gasteiger charge is -2.06. The molecule has 0 radical (unpaired) electrons. The fourth-order valence-electron chi connectivity index (χ4n) is 1.92. The minimum absolute atomic E-state index is 0.119. The SMILES string of the molecule is N/C(=C/C(=O)NCc1ccccc1)C(=O)NCc1ccccc1. The van der Waals surface area contributed by atoms with Crippen LogP contribution >= 0.6 is 0 Å². The third-order valence-electron chi connectivity index (χ3n) is 3.15. The molecule has 2 rings (SSSR count). The molecule has 5 heteroatoms. The summed E-state index contributed by atoms with van der Waals surface area (Å²) in [5, 5.41) is 5.35. The summed E-state index contributed by atoms with van der Waals surface area (Å²) in [5.74, 6) is -0.870. The van der Waals surface area contributed by atoms with Gasteiger partial charge in [-0.25, -0.2) is 0 Å². The second-order valence-electron chi connectivity index (χ2n) is 4.97. The highest BCUT2D eigenvalue weighted by molar-refractivity contribution is 6.00. The second-order valence-corrected chi connectivity index (χ2v) is 4.97. The fourth-order valence-corrected chi connectivity index (χ4v) is 1.92. The zero-order chi connectivity index (χ0) is 16.5. The number of rotatable bonds is 6. The highest BCUT2D eigenvalue weighted by atomic mass is 16.2. The van der Waals surface area contributed by atoms with E-state index in [4.69, 9.17) is 5.73 Å². The molecule has 2 amide bonds. The third-order valence-corrected chi connectivity index (χ3v) is 3.15. The smallest absolute Gasteiger partial charge is 0.267 e. The van der Waals surface area contributed by atoms with E-state index in [1.54, 1.807) is 0 Å². The Labute approximate surface area is 135 Å². The predicted molar refractivity (Wildman–Crippen MR) is 88.8 cm³/mol. The molecule has 0 saturated heterocycles. The van der Waals surface area contributed by atoms with Crippen molar-refractivity contribution in [1.82, 2.24) is 10.6 Å². The van der Waals surface area contributed by atoms with Crippen LogP contribution in [0.2, 0.25) is 0 Å². The largest absolute Gasteiger partial charge is 0.394 e. The Morgan fingerprint density at radius 2 is 1.30 bits per heavy atom. The summed E-state index contributed by atoms with van der Waals surface area (Å²) in [5.41, 5.74) is 7.45. The van der Waals surface area contributed by atoms with Crippen LogP contribution in [-0.4, -0.2) is 11.8 Å². The number of amides is 2. The maximum absolute atomic E-state index is 11.8. The van der Waals surface area contributed by atoms with Gasteiger partial charge in [0, 0.05) is 19.2 Å². The molecule has 0 aliphatic rings. The summed E-state index contributed by atoms with van der Waals surface area (Å²) in [6.45, 7) is 0.745. The Balaban J connectivity index is 1.80. The van der Waals surface area contributed by atoms with Crippen molar-refractivity contribution >= 4 is 11.8 Å². The predicted octanol–water partition coefficient (Wildman–Crippen LogP) is 1.46. The first-order valence-electron chi connectivity index (χ1n) is 7.26. The van der Waals surface area contributed by atoms with Crippen LogP contribution in [0.3, 0.4) is 0 Å². The van der Waals surface area contributed by atoms with Gasteiger partial charge in [-0.05, 0) is 11.1 Å². The van der Waals surface area contributed by atoms with Crippen molar-refractivity contribution in [1.29, 1.82) is 0 Å².